The lowest BCUT2D eigenvalue weighted by atomic mass is 9.88. The van der Waals surface area contributed by atoms with Crippen LogP contribution in [0.3, 0.4) is 0 Å². The number of anilines is 1. The maximum Gasteiger partial charge on any atom is 0.255 e. The van der Waals surface area contributed by atoms with E-state index in [2.05, 4.69) is 32.8 Å². The highest BCUT2D eigenvalue weighted by atomic mass is 127. The van der Waals surface area contributed by atoms with E-state index in [0.29, 0.717) is 22.9 Å². The van der Waals surface area contributed by atoms with E-state index in [0.717, 1.165) is 16.0 Å². The van der Waals surface area contributed by atoms with Crippen molar-refractivity contribution in [3.63, 3.8) is 0 Å². The fourth-order valence-electron chi connectivity index (χ4n) is 4.36. The van der Waals surface area contributed by atoms with Crippen molar-refractivity contribution >= 4 is 34.2 Å². The van der Waals surface area contributed by atoms with Crippen molar-refractivity contribution in [1.29, 1.82) is 0 Å². The normalized spacial score (nSPS) is 19.8. The minimum absolute atomic E-state index is 0.0746. The zero-order valence-electron chi connectivity index (χ0n) is 16.3. The van der Waals surface area contributed by atoms with Crippen molar-refractivity contribution in [3.05, 3.63) is 21.3 Å². The lowest BCUT2D eigenvalue weighted by molar-refractivity contribution is 0.0928. The molecule has 1 saturated heterocycles. The topological polar surface area (TPSA) is 67.6 Å². The molecule has 1 aliphatic heterocycles. The molecular formula is C21H32IN3O2. The summed E-state index contributed by atoms with van der Waals surface area (Å²) in [6, 6.07) is 3.53. The maximum atomic E-state index is 12.6. The van der Waals surface area contributed by atoms with Gasteiger partial charge in [-0.1, -0.05) is 19.3 Å². The Kier molecular flexibility index (Phi) is 7.64. The SMILES string of the molecule is COc1cc(N)c(I)cc1C(=O)NCC1CCN(CC2CCCCC2)CC1. The van der Waals surface area contributed by atoms with Crippen molar-refractivity contribution in [2.24, 2.45) is 11.8 Å². The summed E-state index contributed by atoms with van der Waals surface area (Å²) in [5.41, 5.74) is 7.11. The lowest BCUT2D eigenvalue weighted by Gasteiger charge is -2.35. The number of ether oxygens (including phenoxy) is 1. The summed E-state index contributed by atoms with van der Waals surface area (Å²) in [7, 11) is 1.57. The molecular weight excluding hydrogens is 453 g/mol. The average Bonchev–Trinajstić information content (AvgIpc) is 2.69. The van der Waals surface area contributed by atoms with E-state index in [-0.39, 0.29) is 5.91 Å². The van der Waals surface area contributed by atoms with E-state index in [1.165, 1.54) is 64.6 Å². The van der Waals surface area contributed by atoms with E-state index < -0.39 is 0 Å². The maximum absolute atomic E-state index is 12.6. The molecule has 27 heavy (non-hydrogen) atoms. The number of nitrogen functional groups attached to an aromatic ring is 1. The van der Waals surface area contributed by atoms with Gasteiger partial charge < -0.3 is 20.7 Å². The molecule has 150 valence electrons. The van der Waals surface area contributed by atoms with E-state index in [1.54, 1.807) is 19.2 Å². The predicted molar refractivity (Wildman–Crippen MR) is 118 cm³/mol. The van der Waals surface area contributed by atoms with Gasteiger partial charge in [0.05, 0.1) is 12.7 Å². The number of nitrogens with one attached hydrogen (secondary N) is 1. The number of piperidine rings is 1. The molecule has 2 aliphatic rings. The molecule has 0 atom stereocenters. The minimum Gasteiger partial charge on any atom is -0.496 e. The summed E-state index contributed by atoms with van der Waals surface area (Å²) in [6.07, 6.45) is 9.43. The summed E-state index contributed by atoms with van der Waals surface area (Å²) < 4.78 is 6.20. The van der Waals surface area contributed by atoms with Crippen LogP contribution in [0.25, 0.3) is 0 Å². The summed E-state index contributed by atoms with van der Waals surface area (Å²) >= 11 is 2.15. The summed E-state index contributed by atoms with van der Waals surface area (Å²) in [6.45, 7) is 4.35. The molecule has 1 aromatic rings. The first-order valence-electron chi connectivity index (χ1n) is 10.2. The van der Waals surface area contributed by atoms with Gasteiger partial charge in [-0.05, 0) is 79.3 Å². The molecule has 2 fully saturated rings. The van der Waals surface area contributed by atoms with Gasteiger partial charge in [-0.15, -0.1) is 0 Å². The number of carbonyl (C=O) groups is 1. The van der Waals surface area contributed by atoms with Crippen LogP contribution in [0.1, 0.15) is 55.3 Å². The summed E-state index contributed by atoms with van der Waals surface area (Å²) in [5, 5.41) is 3.10. The first-order chi connectivity index (χ1) is 13.1. The summed E-state index contributed by atoms with van der Waals surface area (Å²) in [5.74, 6) is 1.94. The van der Waals surface area contributed by atoms with Gasteiger partial charge in [-0.2, -0.15) is 0 Å². The summed E-state index contributed by atoms with van der Waals surface area (Å²) in [4.78, 5) is 15.3. The molecule has 0 radical (unpaired) electrons. The highest BCUT2D eigenvalue weighted by molar-refractivity contribution is 14.1. The van der Waals surface area contributed by atoms with Gasteiger partial charge in [0.15, 0.2) is 0 Å². The molecule has 1 amide bonds. The van der Waals surface area contributed by atoms with E-state index in [9.17, 15) is 4.79 Å². The molecule has 1 saturated carbocycles. The van der Waals surface area contributed by atoms with Gasteiger partial charge in [-0.25, -0.2) is 0 Å². The number of nitrogens with zero attached hydrogens (tertiary/aromatic N) is 1. The van der Waals surface area contributed by atoms with E-state index >= 15 is 0 Å². The Morgan fingerprint density at radius 1 is 1.19 bits per heavy atom. The van der Waals surface area contributed by atoms with Crippen LogP contribution in [0.4, 0.5) is 5.69 Å². The Labute approximate surface area is 176 Å². The fraction of sp³-hybridized carbons (Fsp3) is 0.667. The molecule has 0 aromatic heterocycles. The van der Waals surface area contributed by atoms with Gasteiger partial charge in [0.1, 0.15) is 5.75 Å². The zero-order valence-corrected chi connectivity index (χ0v) is 18.5. The molecule has 0 bridgehead atoms. The van der Waals surface area contributed by atoms with E-state index in [4.69, 9.17) is 10.5 Å². The standard InChI is InChI=1S/C21H32IN3O2/c1-27-20-12-19(23)18(22)11-17(20)21(26)24-13-15-7-9-25(10-8-15)14-16-5-3-2-4-6-16/h11-12,15-16H,2-10,13-14,23H2,1H3,(H,24,26). The number of carbonyl (C=O) groups excluding carboxylic acids is 1. The molecule has 6 heteroatoms. The third kappa shape index (κ3) is 5.73. The Morgan fingerprint density at radius 3 is 2.56 bits per heavy atom. The zero-order chi connectivity index (χ0) is 19.2. The third-order valence-electron chi connectivity index (χ3n) is 6.06. The van der Waals surface area contributed by atoms with Crippen LogP contribution in [0.15, 0.2) is 12.1 Å². The van der Waals surface area contributed by atoms with Crippen molar-refractivity contribution in [3.8, 4) is 5.75 Å². The average molecular weight is 485 g/mol. The van der Waals surface area contributed by atoms with Crippen molar-refractivity contribution in [2.45, 2.75) is 44.9 Å². The van der Waals surface area contributed by atoms with Crippen LogP contribution in [-0.2, 0) is 0 Å². The second-order valence-corrected chi connectivity index (χ2v) is 9.19. The largest absolute Gasteiger partial charge is 0.496 e. The molecule has 5 nitrogen and oxygen atoms in total. The molecule has 1 aliphatic carbocycles. The third-order valence-corrected chi connectivity index (χ3v) is 7.00. The van der Waals surface area contributed by atoms with Gasteiger partial charge in [0.25, 0.3) is 5.91 Å². The smallest absolute Gasteiger partial charge is 0.255 e. The van der Waals surface area contributed by atoms with Gasteiger partial charge >= 0.3 is 0 Å². The van der Waals surface area contributed by atoms with Gasteiger partial charge in [-0.3, -0.25) is 4.79 Å². The Bertz CT molecular complexity index is 639. The van der Waals surface area contributed by atoms with Crippen LogP contribution in [0.2, 0.25) is 0 Å². The number of hydrogen-bond acceptors (Lipinski definition) is 4. The highest BCUT2D eigenvalue weighted by Crippen LogP contribution is 2.28. The number of halogens is 1. The second-order valence-electron chi connectivity index (χ2n) is 8.03. The van der Waals surface area contributed by atoms with Gasteiger partial charge in [0.2, 0.25) is 0 Å². The first kappa shape index (κ1) is 20.7. The minimum atomic E-state index is -0.0746. The first-order valence-corrected chi connectivity index (χ1v) is 11.3. The number of nitrogens with two attached hydrogens (primary N) is 1. The Morgan fingerprint density at radius 2 is 1.89 bits per heavy atom. The predicted octanol–water partition coefficient (Wildman–Crippen LogP) is 3.90. The number of benzene rings is 1. The van der Waals surface area contributed by atoms with Crippen molar-refractivity contribution < 1.29 is 9.53 Å². The molecule has 0 unspecified atom stereocenters. The van der Waals surface area contributed by atoms with Crippen LogP contribution in [0, 0.1) is 15.4 Å². The van der Waals surface area contributed by atoms with Crippen LogP contribution in [0.5, 0.6) is 5.75 Å². The quantitative estimate of drug-likeness (QED) is 0.474. The number of rotatable bonds is 6. The second kappa shape index (κ2) is 9.96. The van der Waals surface area contributed by atoms with Crippen molar-refractivity contribution in [1.82, 2.24) is 10.2 Å². The van der Waals surface area contributed by atoms with Gasteiger partial charge in [0, 0.05) is 28.4 Å². The fourth-order valence-corrected chi connectivity index (χ4v) is 4.82. The van der Waals surface area contributed by atoms with Crippen molar-refractivity contribution in [2.75, 3.05) is 39.0 Å². The molecule has 3 rings (SSSR count). The van der Waals surface area contributed by atoms with Crippen LogP contribution in [-0.4, -0.2) is 44.1 Å². The molecule has 0 spiro atoms. The van der Waals surface area contributed by atoms with E-state index in [1.807, 2.05) is 0 Å². The molecule has 1 aromatic carbocycles. The number of likely N-dealkylation sites (tertiary alicyclic amines) is 1. The van der Waals surface area contributed by atoms with Crippen LogP contribution >= 0.6 is 22.6 Å². The van der Waals surface area contributed by atoms with Crippen LogP contribution < -0.4 is 15.8 Å². The molecule has 1 heterocycles. The Hall–Kier alpha value is -1.02. The number of methoxy groups -OCH3 is 1. The number of amides is 1. The number of hydrogen-bond donors (Lipinski definition) is 2. The lowest BCUT2D eigenvalue weighted by Crippen LogP contribution is -2.40. The monoisotopic (exact) mass is 485 g/mol. The highest BCUT2D eigenvalue weighted by Gasteiger charge is 2.23. The molecule has 3 N–H and O–H groups in total. The Balaban J connectivity index is 1.44.